The molecule has 0 fully saturated rings. The number of hydrogen-bond donors (Lipinski definition) is 1. The van der Waals surface area contributed by atoms with Crippen molar-refractivity contribution in [1.82, 2.24) is 0 Å². The SMILES string of the molecule is CCc1ccccc1NC(=O)CCSC. The summed E-state index contributed by atoms with van der Waals surface area (Å²) in [5.41, 5.74) is 2.14. The molecule has 0 atom stereocenters. The second-order valence-corrected chi connectivity index (χ2v) is 4.29. The summed E-state index contributed by atoms with van der Waals surface area (Å²) < 4.78 is 0. The monoisotopic (exact) mass is 223 g/mol. The number of thioether (sulfide) groups is 1. The minimum absolute atomic E-state index is 0.102. The van der Waals surface area contributed by atoms with Crippen molar-refractivity contribution in [3.8, 4) is 0 Å². The van der Waals surface area contributed by atoms with Gasteiger partial charge in [0.1, 0.15) is 0 Å². The molecule has 0 bridgehead atoms. The van der Waals surface area contributed by atoms with Crippen LogP contribution in [0.25, 0.3) is 0 Å². The van der Waals surface area contributed by atoms with Crippen molar-refractivity contribution in [2.45, 2.75) is 19.8 Å². The van der Waals surface area contributed by atoms with Gasteiger partial charge in [0.25, 0.3) is 0 Å². The number of aryl methyl sites for hydroxylation is 1. The van der Waals surface area contributed by atoms with Gasteiger partial charge in [0, 0.05) is 17.9 Å². The van der Waals surface area contributed by atoms with Crippen LogP contribution in [0, 0.1) is 0 Å². The van der Waals surface area contributed by atoms with E-state index >= 15 is 0 Å². The molecule has 0 heterocycles. The molecular weight excluding hydrogens is 206 g/mol. The summed E-state index contributed by atoms with van der Waals surface area (Å²) in [6.07, 6.45) is 3.53. The number of nitrogens with one attached hydrogen (secondary N) is 1. The van der Waals surface area contributed by atoms with E-state index in [1.54, 1.807) is 11.8 Å². The van der Waals surface area contributed by atoms with E-state index in [-0.39, 0.29) is 5.91 Å². The Bertz CT molecular complexity index is 325. The Labute approximate surface area is 95.5 Å². The van der Waals surface area contributed by atoms with Crippen molar-refractivity contribution >= 4 is 23.4 Å². The molecule has 15 heavy (non-hydrogen) atoms. The van der Waals surface area contributed by atoms with Crippen LogP contribution in [0.5, 0.6) is 0 Å². The van der Waals surface area contributed by atoms with E-state index in [0.717, 1.165) is 17.9 Å². The van der Waals surface area contributed by atoms with E-state index in [9.17, 15) is 4.79 Å². The molecule has 2 nitrogen and oxygen atoms in total. The summed E-state index contributed by atoms with van der Waals surface area (Å²) in [5, 5.41) is 2.94. The summed E-state index contributed by atoms with van der Waals surface area (Å²) in [5.74, 6) is 0.977. The molecule has 1 amide bonds. The number of amides is 1. The number of benzene rings is 1. The first kappa shape index (κ1) is 12.1. The van der Waals surface area contributed by atoms with E-state index < -0.39 is 0 Å². The Hall–Kier alpha value is -0.960. The first-order valence-corrected chi connectivity index (χ1v) is 6.54. The van der Waals surface area contributed by atoms with Gasteiger partial charge in [-0.3, -0.25) is 4.79 Å². The lowest BCUT2D eigenvalue weighted by molar-refractivity contribution is -0.115. The number of carbonyl (C=O) groups is 1. The van der Waals surface area contributed by atoms with Crippen molar-refractivity contribution in [2.24, 2.45) is 0 Å². The van der Waals surface area contributed by atoms with Crippen LogP contribution in [-0.2, 0) is 11.2 Å². The van der Waals surface area contributed by atoms with Gasteiger partial charge >= 0.3 is 0 Å². The second kappa shape index (κ2) is 6.51. The maximum atomic E-state index is 11.5. The molecule has 1 aromatic rings. The quantitative estimate of drug-likeness (QED) is 0.831. The minimum atomic E-state index is 0.102. The zero-order chi connectivity index (χ0) is 11.1. The molecule has 0 saturated heterocycles. The fourth-order valence-corrected chi connectivity index (χ4v) is 1.75. The van der Waals surface area contributed by atoms with Crippen LogP contribution in [0.3, 0.4) is 0 Å². The van der Waals surface area contributed by atoms with Crippen molar-refractivity contribution in [3.05, 3.63) is 29.8 Å². The van der Waals surface area contributed by atoms with Crippen molar-refractivity contribution in [3.63, 3.8) is 0 Å². The summed E-state index contributed by atoms with van der Waals surface area (Å²) >= 11 is 1.69. The minimum Gasteiger partial charge on any atom is -0.326 e. The smallest absolute Gasteiger partial charge is 0.225 e. The topological polar surface area (TPSA) is 29.1 Å². The van der Waals surface area contributed by atoms with E-state index in [1.807, 2.05) is 30.5 Å². The predicted molar refractivity (Wildman–Crippen MR) is 67.4 cm³/mol. The number of rotatable bonds is 5. The molecule has 0 aliphatic carbocycles. The lowest BCUT2D eigenvalue weighted by atomic mass is 10.1. The maximum absolute atomic E-state index is 11.5. The van der Waals surface area contributed by atoms with Crippen LogP contribution in [0.2, 0.25) is 0 Å². The first-order valence-electron chi connectivity index (χ1n) is 5.14. The molecule has 0 aromatic heterocycles. The van der Waals surface area contributed by atoms with Gasteiger partial charge in [-0.25, -0.2) is 0 Å². The molecule has 0 aliphatic heterocycles. The van der Waals surface area contributed by atoms with Gasteiger partial charge < -0.3 is 5.32 Å². The van der Waals surface area contributed by atoms with Gasteiger partial charge in [-0.05, 0) is 24.3 Å². The highest BCUT2D eigenvalue weighted by Crippen LogP contribution is 2.15. The van der Waals surface area contributed by atoms with Crippen LogP contribution in [-0.4, -0.2) is 17.9 Å². The fourth-order valence-electron chi connectivity index (χ4n) is 1.36. The zero-order valence-electron chi connectivity index (χ0n) is 9.25. The fraction of sp³-hybridized carbons (Fsp3) is 0.417. The van der Waals surface area contributed by atoms with Gasteiger partial charge in [0.15, 0.2) is 0 Å². The zero-order valence-corrected chi connectivity index (χ0v) is 10.1. The van der Waals surface area contributed by atoms with E-state index in [2.05, 4.69) is 12.2 Å². The second-order valence-electron chi connectivity index (χ2n) is 3.30. The molecule has 0 spiro atoms. The molecule has 3 heteroatoms. The highest BCUT2D eigenvalue weighted by atomic mass is 32.2. The molecule has 1 aromatic carbocycles. The number of hydrogen-bond acceptors (Lipinski definition) is 2. The molecule has 0 unspecified atom stereocenters. The summed E-state index contributed by atoms with van der Waals surface area (Å²) in [6.45, 7) is 2.09. The van der Waals surface area contributed by atoms with Crippen molar-refractivity contribution < 1.29 is 4.79 Å². The third-order valence-electron chi connectivity index (χ3n) is 2.21. The maximum Gasteiger partial charge on any atom is 0.225 e. The molecule has 0 saturated carbocycles. The Balaban J connectivity index is 2.59. The highest BCUT2D eigenvalue weighted by Gasteiger charge is 2.04. The standard InChI is InChI=1S/C12H17NOS/c1-3-10-6-4-5-7-11(10)13-12(14)8-9-15-2/h4-7H,3,8-9H2,1-2H3,(H,13,14). The average Bonchev–Trinajstić information content (AvgIpc) is 2.27. The van der Waals surface area contributed by atoms with Crippen molar-refractivity contribution in [1.29, 1.82) is 0 Å². The van der Waals surface area contributed by atoms with E-state index in [1.165, 1.54) is 5.56 Å². The molecule has 82 valence electrons. The summed E-state index contributed by atoms with van der Waals surface area (Å²) in [7, 11) is 0. The summed E-state index contributed by atoms with van der Waals surface area (Å²) in [4.78, 5) is 11.5. The Morgan fingerprint density at radius 1 is 1.40 bits per heavy atom. The van der Waals surface area contributed by atoms with E-state index in [4.69, 9.17) is 0 Å². The van der Waals surface area contributed by atoms with E-state index in [0.29, 0.717) is 6.42 Å². The first-order chi connectivity index (χ1) is 7.27. The number of anilines is 1. The Morgan fingerprint density at radius 2 is 2.13 bits per heavy atom. The van der Waals surface area contributed by atoms with Crippen LogP contribution in [0.1, 0.15) is 18.9 Å². The predicted octanol–water partition coefficient (Wildman–Crippen LogP) is 2.94. The molecule has 1 rings (SSSR count). The van der Waals surface area contributed by atoms with Gasteiger partial charge in [0.05, 0.1) is 0 Å². The van der Waals surface area contributed by atoms with Crippen LogP contribution < -0.4 is 5.32 Å². The van der Waals surface area contributed by atoms with Gasteiger partial charge in [-0.15, -0.1) is 0 Å². The lowest BCUT2D eigenvalue weighted by Crippen LogP contribution is -2.13. The average molecular weight is 223 g/mol. The third-order valence-corrected chi connectivity index (χ3v) is 2.82. The molecular formula is C12H17NOS. The molecule has 0 aliphatic rings. The van der Waals surface area contributed by atoms with Gasteiger partial charge in [-0.1, -0.05) is 25.1 Å². The number of para-hydroxylation sites is 1. The Kier molecular flexibility index (Phi) is 5.26. The largest absolute Gasteiger partial charge is 0.326 e. The summed E-state index contributed by atoms with van der Waals surface area (Å²) in [6, 6.07) is 7.94. The highest BCUT2D eigenvalue weighted by molar-refractivity contribution is 7.98. The lowest BCUT2D eigenvalue weighted by Gasteiger charge is -2.08. The van der Waals surface area contributed by atoms with Crippen LogP contribution in [0.4, 0.5) is 5.69 Å². The number of carbonyl (C=O) groups excluding carboxylic acids is 1. The molecule has 0 radical (unpaired) electrons. The molecule has 1 N–H and O–H groups in total. The third kappa shape index (κ3) is 3.96. The normalized spacial score (nSPS) is 10.0. The van der Waals surface area contributed by atoms with Gasteiger partial charge in [0.2, 0.25) is 5.91 Å². The van der Waals surface area contributed by atoms with Crippen LogP contribution >= 0.6 is 11.8 Å². The van der Waals surface area contributed by atoms with Crippen LogP contribution in [0.15, 0.2) is 24.3 Å². The van der Waals surface area contributed by atoms with Crippen molar-refractivity contribution in [2.75, 3.05) is 17.3 Å². The Morgan fingerprint density at radius 3 is 2.80 bits per heavy atom. The van der Waals surface area contributed by atoms with Gasteiger partial charge in [-0.2, -0.15) is 11.8 Å².